The number of hydrogen-bond acceptors (Lipinski definition) is 5. The molecule has 0 unspecified atom stereocenters. The van der Waals surface area contributed by atoms with Gasteiger partial charge < -0.3 is 5.11 Å². The molecule has 0 saturated carbocycles. The van der Waals surface area contributed by atoms with Crippen LogP contribution in [-0.4, -0.2) is 34.9 Å². The van der Waals surface area contributed by atoms with Crippen molar-refractivity contribution in [2.24, 2.45) is 5.14 Å². The van der Waals surface area contributed by atoms with E-state index in [0.29, 0.717) is 0 Å². The third-order valence-corrected chi connectivity index (χ3v) is 5.10. The maximum Gasteiger partial charge on any atom is 0.433 e. The Morgan fingerprint density at radius 3 is 2.17 bits per heavy atom. The Labute approximate surface area is 164 Å². The number of alkyl halides is 3. The Kier molecular flexibility index (Phi) is 5.73. The zero-order valence-electron chi connectivity index (χ0n) is 15.0. The zero-order valence-corrected chi connectivity index (χ0v) is 15.8. The van der Waals surface area contributed by atoms with Crippen LogP contribution in [0.2, 0.25) is 0 Å². The zero-order chi connectivity index (χ0) is 21.2. The number of primary sulfonamides is 1. The summed E-state index contributed by atoms with van der Waals surface area (Å²) in [6.45, 7) is -0.432. The summed E-state index contributed by atoms with van der Waals surface area (Å²) in [6, 6.07) is 7.99. The van der Waals surface area contributed by atoms with E-state index in [0.717, 1.165) is 4.68 Å². The molecular weight excluding hydrogens is 409 g/mol. The fraction of sp³-hybridized carbons (Fsp3) is 0.222. The second kappa shape index (κ2) is 7.93. The fourth-order valence-electron chi connectivity index (χ4n) is 2.93. The van der Waals surface area contributed by atoms with Crippen LogP contribution in [0.4, 0.5) is 13.2 Å². The number of pyridine rings is 1. The van der Waals surface area contributed by atoms with Crippen LogP contribution in [0.3, 0.4) is 0 Å². The molecule has 0 radical (unpaired) electrons. The summed E-state index contributed by atoms with van der Waals surface area (Å²) < 4.78 is 65.5. The van der Waals surface area contributed by atoms with Crippen LogP contribution in [0.1, 0.15) is 12.1 Å². The van der Waals surface area contributed by atoms with Gasteiger partial charge in [0.25, 0.3) is 0 Å². The number of hydrogen-bond donors (Lipinski definition) is 2. The van der Waals surface area contributed by atoms with E-state index in [1.807, 2.05) is 0 Å². The summed E-state index contributed by atoms with van der Waals surface area (Å²) in [7, 11) is -3.94. The first-order valence-corrected chi connectivity index (χ1v) is 10.00. The highest BCUT2D eigenvalue weighted by Crippen LogP contribution is 2.42. The fourth-order valence-corrected chi connectivity index (χ4v) is 3.44. The highest BCUT2D eigenvalue weighted by Gasteiger charge is 2.40. The first-order valence-electron chi connectivity index (χ1n) is 8.45. The third kappa shape index (κ3) is 4.47. The number of aliphatic hydroxyl groups is 1. The molecule has 3 rings (SSSR count). The van der Waals surface area contributed by atoms with Crippen LogP contribution < -0.4 is 5.14 Å². The minimum Gasteiger partial charge on any atom is -0.396 e. The van der Waals surface area contributed by atoms with Gasteiger partial charge in [0.2, 0.25) is 10.0 Å². The van der Waals surface area contributed by atoms with Gasteiger partial charge in [-0.3, -0.25) is 9.67 Å². The molecule has 0 saturated heterocycles. The number of benzene rings is 1. The summed E-state index contributed by atoms with van der Waals surface area (Å²) in [4.78, 5) is 3.67. The van der Waals surface area contributed by atoms with Gasteiger partial charge in [0.05, 0.1) is 4.90 Å². The van der Waals surface area contributed by atoms with Crippen LogP contribution >= 0.6 is 0 Å². The van der Waals surface area contributed by atoms with Crippen LogP contribution in [0.5, 0.6) is 0 Å². The van der Waals surface area contributed by atoms with E-state index in [4.69, 9.17) is 10.2 Å². The molecule has 3 N–H and O–H groups in total. The van der Waals surface area contributed by atoms with Gasteiger partial charge in [0.1, 0.15) is 5.69 Å². The normalized spacial score (nSPS) is 12.3. The topological polar surface area (TPSA) is 111 Å². The summed E-state index contributed by atoms with van der Waals surface area (Å²) in [6.07, 6.45) is -1.88. The second-order valence-corrected chi connectivity index (χ2v) is 7.74. The minimum atomic E-state index is -4.71. The lowest BCUT2D eigenvalue weighted by Gasteiger charge is -2.12. The van der Waals surface area contributed by atoms with Gasteiger partial charge in [0.15, 0.2) is 5.69 Å². The highest BCUT2D eigenvalue weighted by atomic mass is 32.2. The van der Waals surface area contributed by atoms with E-state index in [1.54, 1.807) is 0 Å². The molecular formula is C18H17F3N4O3S. The molecule has 2 heterocycles. The molecule has 0 spiro atoms. The van der Waals surface area contributed by atoms with E-state index < -0.39 is 21.9 Å². The molecule has 1 aromatic carbocycles. The van der Waals surface area contributed by atoms with Gasteiger partial charge in [-0.1, -0.05) is 12.1 Å². The highest BCUT2D eigenvalue weighted by molar-refractivity contribution is 7.89. The number of sulfonamides is 1. The second-order valence-electron chi connectivity index (χ2n) is 6.18. The number of rotatable bonds is 6. The van der Waals surface area contributed by atoms with Crippen molar-refractivity contribution >= 4 is 10.0 Å². The Bertz CT molecular complexity index is 1100. The lowest BCUT2D eigenvalue weighted by atomic mass is 9.99. The molecule has 2 aromatic heterocycles. The number of nitrogens with zero attached hydrogens (tertiary/aromatic N) is 3. The summed E-state index contributed by atoms with van der Waals surface area (Å²) >= 11 is 0. The number of aryl methyl sites for hydroxylation is 1. The Balaban J connectivity index is 2.27. The van der Waals surface area contributed by atoms with E-state index in [2.05, 4.69) is 10.1 Å². The Morgan fingerprint density at radius 2 is 1.66 bits per heavy atom. The summed E-state index contributed by atoms with van der Waals surface area (Å²) in [5, 5.41) is 18.3. The molecule has 29 heavy (non-hydrogen) atoms. The summed E-state index contributed by atoms with van der Waals surface area (Å²) in [5.74, 6) is 0. The van der Waals surface area contributed by atoms with E-state index in [1.165, 1.54) is 48.8 Å². The first-order chi connectivity index (χ1) is 13.6. The number of aliphatic hydroxyl groups excluding tert-OH is 1. The quantitative estimate of drug-likeness (QED) is 0.630. The van der Waals surface area contributed by atoms with Gasteiger partial charge in [-0.2, -0.15) is 18.3 Å². The monoisotopic (exact) mass is 426 g/mol. The van der Waals surface area contributed by atoms with Crippen LogP contribution in [0.25, 0.3) is 22.4 Å². The maximum absolute atomic E-state index is 13.9. The van der Waals surface area contributed by atoms with E-state index in [-0.39, 0.29) is 46.9 Å². The molecule has 7 nitrogen and oxygen atoms in total. The SMILES string of the molecule is NS(=O)(=O)c1ccc(-c2nn(CCCO)c(C(F)(F)F)c2-c2ccncc2)cc1. The number of halogens is 3. The van der Waals surface area contributed by atoms with Crippen molar-refractivity contribution in [1.29, 1.82) is 0 Å². The molecule has 3 aromatic rings. The average Bonchev–Trinajstić information content (AvgIpc) is 3.06. The largest absolute Gasteiger partial charge is 0.433 e. The molecule has 0 aliphatic heterocycles. The van der Waals surface area contributed by atoms with Crippen molar-refractivity contribution < 1.29 is 26.7 Å². The van der Waals surface area contributed by atoms with Crippen LogP contribution in [0.15, 0.2) is 53.7 Å². The van der Waals surface area contributed by atoms with Crippen LogP contribution in [-0.2, 0) is 22.7 Å². The number of aromatic nitrogens is 3. The van der Waals surface area contributed by atoms with E-state index >= 15 is 0 Å². The predicted molar refractivity (Wildman–Crippen MR) is 99.0 cm³/mol. The molecule has 0 bridgehead atoms. The minimum absolute atomic E-state index is 0.0300. The van der Waals surface area contributed by atoms with Crippen molar-refractivity contribution in [2.45, 2.75) is 24.0 Å². The summed E-state index contributed by atoms with van der Waals surface area (Å²) in [5.41, 5.74) is -0.531. The van der Waals surface area contributed by atoms with Gasteiger partial charge in [0, 0.05) is 36.7 Å². The van der Waals surface area contributed by atoms with Gasteiger partial charge in [-0.05, 0) is 36.2 Å². The van der Waals surface area contributed by atoms with E-state index in [9.17, 15) is 21.6 Å². The van der Waals surface area contributed by atoms with Crippen molar-refractivity contribution in [3.63, 3.8) is 0 Å². The number of nitrogens with two attached hydrogens (primary N) is 1. The van der Waals surface area contributed by atoms with Gasteiger partial charge in [-0.25, -0.2) is 13.6 Å². The van der Waals surface area contributed by atoms with Crippen LogP contribution in [0, 0.1) is 0 Å². The first kappa shape index (κ1) is 21.0. The van der Waals surface area contributed by atoms with Crippen molar-refractivity contribution in [1.82, 2.24) is 14.8 Å². The van der Waals surface area contributed by atoms with Gasteiger partial charge >= 0.3 is 6.18 Å². The molecule has 0 fully saturated rings. The Hall–Kier alpha value is -2.76. The van der Waals surface area contributed by atoms with Crippen molar-refractivity contribution in [3.8, 4) is 22.4 Å². The average molecular weight is 426 g/mol. The van der Waals surface area contributed by atoms with Crippen molar-refractivity contribution in [3.05, 3.63) is 54.5 Å². The molecule has 0 atom stereocenters. The molecule has 0 aliphatic rings. The molecule has 0 aliphatic carbocycles. The lowest BCUT2D eigenvalue weighted by molar-refractivity contribution is -0.143. The standard InChI is InChI=1S/C18H17F3N4O3S/c19-18(20,21)17-15(12-6-8-23-9-7-12)16(24-25(17)10-1-11-26)13-2-4-14(5-3-13)29(22,27)28/h2-9,26H,1,10-11H2,(H2,22,27,28). The van der Waals surface area contributed by atoms with Gasteiger partial charge in [-0.15, -0.1) is 0 Å². The maximum atomic E-state index is 13.9. The molecule has 154 valence electrons. The third-order valence-electron chi connectivity index (χ3n) is 4.17. The lowest BCUT2D eigenvalue weighted by Crippen LogP contribution is -2.16. The predicted octanol–water partition coefficient (Wildman–Crippen LogP) is 2.66. The Morgan fingerprint density at radius 1 is 1.03 bits per heavy atom. The van der Waals surface area contributed by atoms with Crippen molar-refractivity contribution in [2.75, 3.05) is 6.61 Å². The smallest absolute Gasteiger partial charge is 0.396 e. The molecule has 0 amide bonds. The molecule has 11 heteroatoms.